The third-order valence-corrected chi connectivity index (χ3v) is 3.15. The number of nitrogens with zero attached hydrogens (tertiary/aromatic N) is 1. The summed E-state index contributed by atoms with van der Waals surface area (Å²) in [6.45, 7) is 4.78. The van der Waals surface area contributed by atoms with Crippen molar-refractivity contribution in [3.8, 4) is 0 Å². The van der Waals surface area contributed by atoms with Crippen molar-refractivity contribution in [3.63, 3.8) is 0 Å². The summed E-state index contributed by atoms with van der Waals surface area (Å²) in [5.41, 5.74) is 0. The molecule has 5 heteroatoms. The second kappa shape index (κ2) is 4.15. The summed E-state index contributed by atoms with van der Waals surface area (Å²) in [7, 11) is 1.71. The number of rotatable bonds is 2. The fraction of sp³-hybridized carbons (Fsp3) is 1.00. The van der Waals surface area contributed by atoms with Crippen LogP contribution in [-0.2, 0) is 11.2 Å². The molecule has 1 fully saturated rings. The molecule has 0 aliphatic carbocycles. The zero-order valence-electron chi connectivity index (χ0n) is 6.96. The molecule has 0 bridgehead atoms. The van der Waals surface area contributed by atoms with Crippen molar-refractivity contribution in [1.82, 2.24) is 14.3 Å². The molecule has 1 saturated heterocycles. The van der Waals surface area contributed by atoms with Gasteiger partial charge in [-0.3, -0.25) is 0 Å². The van der Waals surface area contributed by atoms with E-state index < -0.39 is 11.2 Å². The van der Waals surface area contributed by atoms with Crippen LogP contribution in [0, 0.1) is 0 Å². The van der Waals surface area contributed by atoms with Gasteiger partial charge in [0.15, 0.2) is 11.2 Å². The number of nitrogens with one attached hydrogen (secondary N) is 2. The number of hydrogen-bond donors (Lipinski definition) is 2. The first-order valence-corrected chi connectivity index (χ1v) is 4.93. The third kappa shape index (κ3) is 2.23. The molecule has 0 aromatic carbocycles. The lowest BCUT2D eigenvalue weighted by Crippen LogP contribution is -2.52. The molecule has 0 aromatic heterocycles. The zero-order valence-corrected chi connectivity index (χ0v) is 7.78. The Morgan fingerprint density at radius 2 is 2.45 bits per heavy atom. The van der Waals surface area contributed by atoms with E-state index in [2.05, 4.69) is 17.0 Å². The highest BCUT2D eigenvalue weighted by atomic mass is 32.2. The first-order valence-electron chi connectivity index (χ1n) is 3.82. The molecule has 0 saturated carbocycles. The molecule has 2 atom stereocenters. The Bertz CT molecular complexity index is 153. The van der Waals surface area contributed by atoms with Gasteiger partial charge < -0.3 is 5.32 Å². The highest BCUT2D eigenvalue weighted by Crippen LogP contribution is 2.03. The summed E-state index contributed by atoms with van der Waals surface area (Å²) in [4.78, 5) is 0. The van der Waals surface area contributed by atoms with Crippen molar-refractivity contribution in [3.05, 3.63) is 0 Å². The maximum Gasteiger partial charge on any atom is 0.169 e. The van der Waals surface area contributed by atoms with Gasteiger partial charge in [0.05, 0.1) is 0 Å². The lowest BCUT2D eigenvalue weighted by Gasteiger charge is -2.31. The molecule has 2 unspecified atom stereocenters. The van der Waals surface area contributed by atoms with Gasteiger partial charge >= 0.3 is 0 Å². The Hall–Kier alpha value is 0.0300. The molecular formula is C6H15N3OS. The van der Waals surface area contributed by atoms with Crippen LogP contribution in [0.3, 0.4) is 0 Å². The molecule has 1 heterocycles. The Balaban J connectivity index is 2.47. The summed E-state index contributed by atoms with van der Waals surface area (Å²) in [5.74, 6) is 0. The van der Waals surface area contributed by atoms with Crippen molar-refractivity contribution in [2.75, 3.05) is 26.7 Å². The average Bonchev–Trinajstić information content (AvgIpc) is 2.04. The standard InChI is InChI=1S/C6H15N3OS/c1-6-5-8-3-4-9(6)11(10)7-2/h6-8H,3-5H2,1-2H3. The Labute approximate surface area is 70.1 Å². The second-order valence-corrected chi connectivity index (χ2v) is 4.02. The summed E-state index contributed by atoms with van der Waals surface area (Å²) >= 11 is -1.00. The van der Waals surface area contributed by atoms with E-state index in [1.54, 1.807) is 7.05 Å². The number of hydrogen-bond acceptors (Lipinski definition) is 2. The van der Waals surface area contributed by atoms with E-state index in [0.717, 1.165) is 19.6 Å². The molecule has 0 radical (unpaired) electrons. The van der Waals surface area contributed by atoms with Crippen molar-refractivity contribution in [1.29, 1.82) is 0 Å². The summed E-state index contributed by atoms with van der Waals surface area (Å²) in [6.07, 6.45) is 0. The average molecular weight is 177 g/mol. The molecule has 4 nitrogen and oxygen atoms in total. The maximum absolute atomic E-state index is 11.3. The molecule has 1 aliphatic heterocycles. The Morgan fingerprint density at radius 1 is 1.73 bits per heavy atom. The minimum Gasteiger partial charge on any atom is -0.314 e. The van der Waals surface area contributed by atoms with Crippen molar-refractivity contribution in [2.24, 2.45) is 0 Å². The van der Waals surface area contributed by atoms with Crippen LogP contribution in [0.25, 0.3) is 0 Å². The predicted molar refractivity (Wildman–Crippen MR) is 46.2 cm³/mol. The molecule has 1 aliphatic rings. The topological polar surface area (TPSA) is 44.4 Å². The van der Waals surface area contributed by atoms with E-state index >= 15 is 0 Å². The molecule has 1 rings (SSSR count). The van der Waals surface area contributed by atoms with Crippen LogP contribution in [0.1, 0.15) is 6.92 Å². The summed E-state index contributed by atoms with van der Waals surface area (Å²) in [6, 6.07) is 0.358. The maximum atomic E-state index is 11.3. The minimum absolute atomic E-state index is 0.358. The van der Waals surface area contributed by atoms with Crippen LogP contribution in [0.2, 0.25) is 0 Å². The lowest BCUT2D eigenvalue weighted by atomic mass is 10.3. The molecular weight excluding hydrogens is 162 g/mol. The van der Waals surface area contributed by atoms with Gasteiger partial charge in [0, 0.05) is 25.7 Å². The number of piperazine rings is 1. The summed E-state index contributed by atoms with van der Waals surface area (Å²) < 4.78 is 16.0. The van der Waals surface area contributed by atoms with E-state index in [4.69, 9.17) is 0 Å². The first-order chi connectivity index (χ1) is 5.25. The smallest absolute Gasteiger partial charge is 0.169 e. The summed E-state index contributed by atoms with van der Waals surface area (Å²) in [5, 5.41) is 3.24. The Morgan fingerprint density at radius 3 is 3.00 bits per heavy atom. The SMILES string of the molecule is CNS(=O)N1CCNCC1C. The predicted octanol–water partition coefficient (Wildman–Crippen LogP) is -0.922. The van der Waals surface area contributed by atoms with Gasteiger partial charge in [-0.15, -0.1) is 0 Å². The molecule has 2 N–H and O–H groups in total. The molecule has 0 amide bonds. The van der Waals surface area contributed by atoms with Crippen LogP contribution in [-0.4, -0.2) is 41.2 Å². The van der Waals surface area contributed by atoms with E-state index in [-0.39, 0.29) is 0 Å². The van der Waals surface area contributed by atoms with E-state index in [1.807, 2.05) is 4.31 Å². The highest BCUT2D eigenvalue weighted by molar-refractivity contribution is 7.80. The monoisotopic (exact) mass is 177 g/mol. The van der Waals surface area contributed by atoms with E-state index in [9.17, 15) is 4.21 Å². The second-order valence-electron chi connectivity index (χ2n) is 2.65. The van der Waals surface area contributed by atoms with Crippen molar-refractivity contribution < 1.29 is 4.21 Å². The third-order valence-electron chi connectivity index (χ3n) is 1.83. The molecule has 0 aromatic rings. The van der Waals surface area contributed by atoms with Gasteiger partial charge in [-0.1, -0.05) is 0 Å². The van der Waals surface area contributed by atoms with E-state index in [1.165, 1.54) is 0 Å². The molecule has 11 heavy (non-hydrogen) atoms. The van der Waals surface area contributed by atoms with Crippen LogP contribution in [0.15, 0.2) is 0 Å². The first kappa shape index (κ1) is 9.12. The minimum atomic E-state index is -1.00. The van der Waals surface area contributed by atoms with Gasteiger partial charge in [0.25, 0.3) is 0 Å². The normalized spacial score (nSPS) is 30.2. The van der Waals surface area contributed by atoms with E-state index in [0.29, 0.717) is 6.04 Å². The largest absolute Gasteiger partial charge is 0.314 e. The van der Waals surface area contributed by atoms with Gasteiger partial charge in [-0.2, -0.15) is 0 Å². The van der Waals surface area contributed by atoms with Crippen LogP contribution in [0.4, 0.5) is 0 Å². The van der Waals surface area contributed by atoms with Gasteiger partial charge in [-0.05, 0) is 14.0 Å². The van der Waals surface area contributed by atoms with Gasteiger partial charge in [0.2, 0.25) is 0 Å². The molecule has 0 spiro atoms. The van der Waals surface area contributed by atoms with Crippen LogP contribution >= 0.6 is 0 Å². The fourth-order valence-corrected chi connectivity index (χ4v) is 2.08. The Kier molecular flexibility index (Phi) is 3.45. The molecule has 66 valence electrons. The van der Waals surface area contributed by atoms with Gasteiger partial charge in [0.1, 0.15) is 0 Å². The van der Waals surface area contributed by atoms with Crippen LogP contribution in [0.5, 0.6) is 0 Å². The van der Waals surface area contributed by atoms with Gasteiger partial charge in [-0.25, -0.2) is 13.2 Å². The van der Waals surface area contributed by atoms with Crippen molar-refractivity contribution >= 4 is 11.2 Å². The highest BCUT2D eigenvalue weighted by Gasteiger charge is 2.21. The van der Waals surface area contributed by atoms with Crippen molar-refractivity contribution in [2.45, 2.75) is 13.0 Å². The fourth-order valence-electron chi connectivity index (χ4n) is 1.19. The zero-order chi connectivity index (χ0) is 8.27. The van der Waals surface area contributed by atoms with Crippen LogP contribution < -0.4 is 10.0 Å². The quantitative estimate of drug-likeness (QED) is 0.573. The lowest BCUT2D eigenvalue weighted by molar-refractivity contribution is 0.296.